The van der Waals surface area contributed by atoms with E-state index >= 15 is 0 Å². The molecule has 0 saturated carbocycles. The van der Waals surface area contributed by atoms with E-state index in [1.54, 1.807) is 24.3 Å². The second-order valence-electron chi connectivity index (χ2n) is 6.03. The highest BCUT2D eigenvalue weighted by Crippen LogP contribution is 2.29. The van der Waals surface area contributed by atoms with E-state index in [9.17, 15) is 8.42 Å². The Kier molecular flexibility index (Phi) is 4.06. The fraction of sp³-hybridized carbons (Fsp3) is 0.333. The molecule has 1 aliphatic rings. The zero-order valence-corrected chi connectivity index (χ0v) is 13.8. The zero-order chi connectivity index (χ0) is 15.7. The van der Waals surface area contributed by atoms with Gasteiger partial charge in [-0.05, 0) is 73.7 Å². The van der Waals surface area contributed by atoms with Gasteiger partial charge in [-0.1, -0.05) is 18.2 Å². The van der Waals surface area contributed by atoms with Crippen molar-refractivity contribution in [3.8, 4) is 0 Å². The van der Waals surface area contributed by atoms with Crippen LogP contribution in [0, 0.1) is 13.8 Å². The van der Waals surface area contributed by atoms with Gasteiger partial charge < -0.3 is 5.32 Å². The van der Waals surface area contributed by atoms with Crippen LogP contribution in [0.3, 0.4) is 0 Å². The van der Waals surface area contributed by atoms with E-state index in [0.717, 1.165) is 30.6 Å². The number of hydrogen-bond acceptors (Lipinski definition) is 3. The molecule has 1 aliphatic heterocycles. The maximum absolute atomic E-state index is 12.8. The summed E-state index contributed by atoms with van der Waals surface area (Å²) in [6, 6.07) is 12.6. The molecular formula is C18H21NO2S. The quantitative estimate of drug-likeness (QED) is 0.946. The summed E-state index contributed by atoms with van der Waals surface area (Å²) in [6.45, 7) is 5.92. The van der Waals surface area contributed by atoms with Crippen LogP contribution in [0.15, 0.2) is 52.3 Å². The van der Waals surface area contributed by atoms with Gasteiger partial charge in [0.25, 0.3) is 0 Å². The van der Waals surface area contributed by atoms with Crippen LogP contribution >= 0.6 is 0 Å². The molecule has 0 spiro atoms. The molecule has 0 bridgehead atoms. The normalized spacial score (nSPS) is 18.5. The van der Waals surface area contributed by atoms with Crippen LogP contribution in [0.1, 0.15) is 29.0 Å². The van der Waals surface area contributed by atoms with E-state index in [4.69, 9.17) is 0 Å². The maximum atomic E-state index is 12.8. The Labute approximate surface area is 132 Å². The first kappa shape index (κ1) is 15.3. The third-order valence-electron chi connectivity index (χ3n) is 4.35. The van der Waals surface area contributed by atoms with Crippen LogP contribution in [-0.2, 0) is 9.84 Å². The monoisotopic (exact) mass is 315 g/mol. The first-order valence-corrected chi connectivity index (χ1v) is 9.10. The lowest BCUT2D eigenvalue weighted by molar-refractivity contribution is 0.595. The number of sulfone groups is 1. The number of nitrogens with one attached hydrogen (secondary N) is 1. The molecule has 2 aromatic rings. The first-order chi connectivity index (χ1) is 10.5. The van der Waals surface area contributed by atoms with Gasteiger partial charge >= 0.3 is 0 Å². The molecule has 4 heteroatoms. The molecule has 22 heavy (non-hydrogen) atoms. The van der Waals surface area contributed by atoms with Crippen LogP contribution in [0.4, 0.5) is 0 Å². The average Bonchev–Trinajstić information content (AvgIpc) is 3.01. The van der Waals surface area contributed by atoms with Crippen molar-refractivity contribution < 1.29 is 8.42 Å². The Balaban J connectivity index is 1.99. The summed E-state index contributed by atoms with van der Waals surface area (Å²) in [6.07, 6.45) is 1.12. The van der Waals surface area contributed by atoms with Crippen molar-refractivity contribution in [1.82, 2.24) is 5.32 Å². The number of aryl methyl sites for hydroxylation is 2. The standard InChI is InChI=1S/C18H21NO2S/c1-13-4-3-5-16(10-13)22(20,21)17-6-7-18(14(2)11-17)15-8-9-19-12-15/h3-7,10-11,15,19H,8-9,12H2,1-2H3. The van der Waals surface area contributed by atoms with Crippen molar-refractivity contribution >= 4 is 9.84 Å². The molecule has 2 aromatic carbocycles. The molecule has 1 unspecified atom stereocenters. The summed E-state index contributed by atoms with van der Waals surface area (Å²) in [4.78, 5) is 0.743. The fourth-order valence-corrected chi connectivity index (χ4v) is 4.56. The molecule has 0 aromatic heterocycles. The highest BCUT2D eigenvalue weighted by Gasteiger charge is 2.22. The maximum Gasteiger partial charge on any atom is 0.206 e. The van der Waals surface area contributed by atoms with Crippen molar-refractivity contribution in [2.24, 2.45) is 0 Å². The lowest BCUT2D eigenvalue weighted by atomic mass is 9.94. The molecule has 1 saturated heterocycles. The van der Waals surface area contributed by atoms with E-state index in [2.05, 4.69) is 5.32 Å². The van der Waals surface area contributed by atoms with Gasteiger partial charge in [0.15, 0.2) is 0 Å². The van der Waals surface area contributed by atoms with Gasteiger partial charge in [0.05, 0.1) is 9.79 Å². The van der Waals surface area contributed by atoms with Crippen molar-refractivity contribution in [3.05, 3.63) is 59.2 Å². The summed E-state index contributed by atoms with van der Waals surface area (Å²) >= 11 is 0. The Morgan fingerprint density at radius 3 is 2.45 bits per heavy atom. The largest absolute Gasteiger partial charge is 0.316 e. The molecule has 1 heterocycles. The average molecular weight is 315 g/mol. The summed E-state index contributed by atoms with van der Waals surface area (Å²) in [5, 5.41) is 3.36. The SMILES string of the molecule is Cc1cccc(S(=O)(=O)c2ccc(C3CCNC3)c(C)c2)c1. The topological polar surface area (TPSA) is 46.2 Å². The predicted molar refractivity (Wildman–Crippen MR) is 88.0 cm³/mol. The van der Waals surface area contributed by atoms with Gasteiger partial charge in [-0.15, -0.1) is 0 Å². The summed E-state index contributed by atoms with van der Waals surface area (Å²) < 4.78 is 25.5. The Bertz CT molecular complexity index is 790. The van der Waals surface area contributed by atoms with Crippen LogP contribution in [0.2, 0.25) is 0 Å². The van der Waals surface area contributed by atoms with E-state index in [1.807, 2.05) is 32.0 Å². The molecule has 1 atom stereocenters. The van der Waals surface area contributed by atoms with Gasteiger partial charge in [-0.2, -0.15) is 0 Å². The molecule has 0 radical (unpaired) electrons. The lowest BCUT2D eigenvalue weighted by Gasteiger charge is -2.14. The van der Waals surface area contributed by atoms with E-state index < -0.39 is 9.84 Å². The van der Waals surface area contributed by atoms with Crippen LogP contribution < -0.4 is 5.32 Å². The number of benzene rings is 2. The fourth-order valence-electron chi connectivity index (χ4n) is 3.11. The first-order valence-electron chi connectivity index (χ1n) is 7.61. The van der Waals surface area contributed by atoms with Gasteiger partial charge in [-0.3, -0.25) is 0 Å². The summed E-state index contributed by atoms with van der Waals surface area (Å²) in [7, 11) is -3.44. The molecule has 3 nitrogen and oxygen atoms in total. The minimum absolute atomic E-state index is 0.363. The second-order valence-corrected chi connectivity index (χ2v) is 7.98. The number of rotatable bonds is 3. The van der Waals surface area contributed by atoms with Gasteiger partial charge in [-0.25, -0.2) is 8.42 Å². The minimum atomic E-state index is -3.44. The molecule has 116 valence electrons. The van der Waals surface area contributed by atoms with E-state index in [-0.39, 0.29) is 0 Å². The third-order valence-corrected chi connectivity index (χ3v) is 6.10. The molecule has 0 amide bonds. The molecule has 3 rings (SSSR count). The van der Waals surface area contributed by atoms with E-state index in [1.165, 1.54) is 5.56 Å². The summed E-state index contributed by atoms with van der Waals surface area (Å²) in [5.41, 5.74) is 3.27. The van der Waals surface area contributed by atoms with Crippen molar-refractivity contribution in [2.45, 2.75) is 36.0 Å². The van der Waals surface area contributed by atoms with Crippen molar-refractivity contribution in [3.63, 3.8) is 0 Å². The Morgan fingerprint density at radius 2 is 1.82 bits per heavy atom. The van der Waals surface area contributed by atoms with Crippen LogP contribution in [0.25, 0.3) is 0 Å². The second kappa shape index (κ2) is 5.86. The van der Waals surface area contributed by atoms with Crippen molar-refractivity contribution in [1.29, 1.82) is 0 Å². The Morgan fingerprint density at radius 1 is 1.05 bits per heavy atom. The lowest BCUT2D eigenvalue weighted by Crippen LogP contribution is -2.09. The molecule has 0 aliphatic carbocycles. The van der Waals surface area contributed by atoms with E-state index in [0.29, 0.717) is 15.7 Å². The minimum Gasteiger partial charge on any atom is -0.316 e. The van der Waals surface area contributed by atoms with Crippen molar-refractivity contribution in [2.75, 3.05) is 13.1 Å². The summed E-state index contributed by atoms with van der Waals surface area (Å²) in [5.74, 6) is 0.496. The van der Waals surface area contributed by atoms with Gasteiger partial charge in [0.2, 0.25) is 9.84 Å². The highest BCUT2D eigenvalue weighted by atomic mass is 32.2. The zero-order valence-electron chi connectivity index (χ0n) is 13.0. The van der Waals surface area contributed by atoms with Gasteiger partial charge in [0.1, 0.15) is 0 Å². The molecule has 1 fully saturated rings. The van der Waals surface area contributed by atoms with Crippen LogP contribution in [0.5, 0.6) is 0 Å². The third kappa shape index (κ3) is 2.81. The van der Waals surface area contributed by atoms with Crippen LogP contribution in [-0.4, -0.2) is 21.5 Å². The Hall–Kier alpha value is -1.65. The van der Waals surface area contributed by atoms with Gasteiger partial charge in [0, 0.05) is 6.54 Å². The molecular weight excluding hydrogens is 294 g/mol. The molecule has 1 N–H and O–H groups in total. The smallest absolute Gasteiger partial charge is 0.206 e. The highest BCUT2D eigenvalue weighted by molar-refractivity contribution is 7.91. The number of hydrogen-bond donors (Lipinski definition) is 1. The predicted octanol–water partition coefficient (Wildman–Crippen LogP) is 3.21.